The quantitative estimate of drug-likeness (QED) is 0.899. The topological polar surface area (TPSA) is 66.1 Å². The van der Waals surface area contributed by atoms with E-state index >= 15 is 0 Å². The normalized spacial score (nSPS) is 27.6. The Morgan fingerprint density at radius 1 is 1.25 bits per heavy atom. The maximum atomic E-state index is 12.6. The highest BCUT2D eigenvalue weighted by Crippen LogP contribution is 2.32. The van der Waals surface area contributed by atoms with Gasteiger partial charge in [0.05, 0.1) is 11.8 Å². The van der Waals surface area contributed by atoms with Crippen molar-refractivity contribution in [1.82, 2.24) is 15.1 Å². The molecule has 108 valence electrons. The minimum absolute atomic E-state index is 0.0156. The number of ketones is 1. The van der Waals surface area contributed by atoms with Crippen LogP contribution in [0.15, 0.2) is 12.4 Å². The summed E-state index contributed by atoms with van der Waals surface area (Å²) in [7, 11) is 0. The number of aromatic amines is 1. The van der Waals surface area contributed by atoms with E-state index in [4.69, 9.17) is 0 Å². The molecule has 2 atom stereocenters. The second-order valence-electron chi connectivity index (χ2n) is 5.87. The summed E-state index contributed by atoms with van der Waals surface area (Å²) >= 11 is 0. The molecule has 2 heterocycles. The zero-order valence-corrected chi connectivity index (χ0v) is 11.7. The first-order chi connectivity index (χ1) is 9.77. The Labute approximate surface area is 118 Å². The van der Waals surface area contributed by atoms with Gasteiger partial charge in [-0.25, -0.2) is 0 Å². The monoisotopic (exact) mass is 275 g/mol. The van der Waals surface area contributed by atoms with E-state index in [0.717, 1.165) is 45.1 Å². The Bertz CT molecular complexity index is 483. The SMILES string of the molecule is O=C1CCCCC1C1CCCCN1C(=O)c1cn[nH]c1. The van der Waals surface area contributed by atoms with Crippen molar-refractivity contribution in [1.29, 1.82) is 0 Å². The number of piperidine rings is 1. The van der Waals surface area contributed by atoms with Gasteiger partial charge in [-0.2, -0.15) is 5.10 Å². The Balaban J connectivity index is 1.80. The van der Waals surface area contributed by atoms with E-state index in [2.05, 4.69) is 10.2 Å². The predicted octanol–water partition coefficient (Wildman–Crippen LogP) is 2.16. The van der Waals surface area contributed by atoms with Crippen LogP contribution in [0.25, 0.3) is 0 Å². The van der Waals surface area contributed by atoms with Gasteiger partial charge in [0.1, 0.15) is 5.78 Å². The number of carbonyl (C=O) groups is 2. The summed E-state index contributed by atoms with van der Waals surface area (Å²) < 4.78 is 0. The lowest BCUT2D eigenvalue weighted by Gasteiger charge is -2.41. The van der Waals surface area contributed by atoms with Gasteiger partial charge >= 0.3 is 0 Å². The summed E-state index contributed by atoms with van der Waals surface area (Å²) in [5, 5.41) is 6.54. The van der Waals surface area contributed by atoms with Crippen LogP contribution < -0.4 is 0 Å². The van der Waals surface area contributed by atoms with Gasteiger partial charge in [0.25, 0.3) is 5.91 Å². The van der Waals surface area contributed by atoms with Gasteiger partial charge in [0, 0.05) is 31.1 Å². The van der Waals surface area contributed by atoms with E-state index < -0.39 is 0 Å². The van der Waals surface area contributed by atoms with E-state index in [1.165, 1.54) is 0 Å². The Morgan fingerprint density at radius 2 is 2.10 bits per heavy atom. The van der Waals surface area contributed by atoms with E-state index in [1.54, 1.807) is 12.4 Å². The smallest absolute Gasteiger partial charge is 0.257 e. The number of rotatable bonds is 2. The molecule has 2 unspecified atom stereocenters. The summed E-state index contributed by atoms with van der Waals surface area (Å²) in [6.45, 7) is 0.762. The van der Waals surface area contributed by atoms with Crippen LogP contribution >= 0.6 is 0 Å². The molecule has 1 aliphatic carbocycles. The first kappa shape index (κ1) is 13.3. The molecule has 0 bridgehead atoms. The average Bonchev–Trinajstić information content (AvgIpc) is 3.01. The van der Waals surface area contributed by atoms with Gasteiger partial charge in [-0.1, -0.05) is 6.42 Å². The summed E-state index contributed by atoms with van der Waals surface area (Å²) in [6, 6.07) is 0.0962. The maximum absolute atomic E-state index is 12.6. The zero-order valence-electron chi connectivity index (χ0n) is 11.7. The number of hydrogen-bond donors (Lipinski definition) is 1. The van der Waals surface area contributed by atoms with Gasteiger partial charge in [0.2, 0.25) is 0 Å². The Morgan fingerprint density at radius 3 is 2.85 bits per heavy atom. The summed E-state index contributed by atoms with van der Waals surface area (Å²) in [5.74, 6) is 0.426. The number of nitrogens with zero attached hydrogens (tertiary/aromatic N) is 2. The van der Waals surface area contributed by atoms with Gasteiger partial charge in [0.15, 0.2) is 0 Å². The van der Waals surface area contributed by atoms with Crippen molar-refractivity contribution in [3.63, 3.8) is 0 Å². The fourth-order valence-corrected chi connectivity index (χ4v) is 3.58. The summed E-state index contributed by atoms with van der Waals surface area (Å²) in [5.41, 5.74) is 0.597. The molecule has 0 aromatic carbocycles. The third kappa shape index (κ3) is 2.49. The number of amides is 1. The van der Waals surface area contributed by atoms with Gasteiger partial charge in [-0.3, -0.25) is 14.7 Å². The number of aromatic nitrogens is 2. The largest absolute Gasteiger partial charge is 0.335 e. The molecule has 0 spiro atoms. The Hall–Kier alpha value is -1.65. The van der Waals surface area contributed by atoms with Crippen LogP contribution in [0.1, 0.15) is 55.3 Å². The van der Waals surface area contributed by atoms with Crippen molar-refractivity contribution in [2.75, 3.05) is 6.54 Å². The molecule has 2 aliphatic rings. The highest BCUT2D eigenvalue weighted by Gasteiger charge is 2.37. The van der Waals surface area contributed by atoms with Gasteiger partial charge in [-0.15, -0.1) is 0 Å². The van der Waals surface area contributed by atoms with Crippen molar-refractivity contribution in [2.24, 2.45) is 5.92 Å². The Kier molecular flexibility index (Phi) is 3.85. The molecule has 0 radical (unpaired) electrons. The molecule has 3 rings (SSSR count). The first-order valence-electron chi connectivity index (χ1n) is 7.60. The molecule has 1 saturated carbocycles. The van der Waals surface area contributed by atoms with Crippen LogP contribution in [0.2, 0.25) is 0 Å². The minimum atomic E-state index is 0.0156. The van der Waals surface area contributed by atoms with Crippen molar-refractivity contribution >= 4 is 11.7 Å². The standard InChI is InChI=1S/C15H21N3O2/c19-14-7-2-1-5-12(14)13-6-3-4-8-18(13)15(20)11-9-16-17-10-11/h9-10,12-13H,1-8H2,(H,16,17). The highest BCUT2D eigenvalue weighted by atomic mass is 16.2. The fourth-order valence-electron chi connectivity index (χ4n) is 3.58. The second-order valence-corrected chi connectivity index (χ2v) is 5.87. The third-order valence-electron chi connectivity index (χ3n) is 4.62. The molecule has 1 N–H and O–H groups in total. The average molecular weight is 275 g/mol. The molecule has 1 aromatic rings. The molecule has 1 saturated heterocycles. The van der Waals surface area contributed by atoms with Crippen molar-refractivity contribution in [3.8, 4) is 0 Å². The number of carbonyl (C=O) groups excluding carboxylic acids is 2. The van der Waals surface area contributed by atoms with E-state index in [0.29, 0.717) is 17.8 Å². The third-order valence-corrected chi connectivity index (χ3v) is 4.62. The molecule has 1 aliphatic heterocycles. The lowest BCUT2D eigenvalue weighted by Crippen LogP contribution is -2.50. The summed E-state index contributed by atoms with van der Waals surface area (Å²) in [6.07, 6.45) is 10.1. The molecule has 20 heavy (non-hydrogen) atoms. The fraction of sp³-hybridized carbons (Fsp3) is 0.667. The van der Waals surface area contributed by atoms with E-state index in [1.807, 2.05) is 4.90 Å². The minimum Gasteiger partial charge on any atom is -0.335 e. The lowest BCUT2D eigenvalue weighted by molar-refractivity contribution is -0.127. The van der Waals surface area contributed by atoms with Crippen LogP contribution in [0.3, 0.4) is 0 Å². The van der Waals surface area contributed by atoms with Crippen molar-refractivity contribution < 1.29 is 9.59 Å². The molecular weight excluding hydrogens is 254 g/mol. The van der Waals surface area contributed by atoms with E-state index in [-0.39, 0.29) is 17.9 Å². The van der Waals surface area contributed by atoms with Crippen LogP contribution in [0, 0.1) is 5.92 Å². The van der Waals surface area contributed by atoms with Gasteiger partial charge < -0.3 is 4.90 Å². The van der Waals surface area contributed by atoms with Crippen LogP contribution in [0.5, 0.6) is 0 Å². The number of Topliss-reactive ketones (excluding diaryl/α,β-unsaturated/α-hetero) is 1. The summed E-state index contributed by atoms with van der Waals surface area (Å²) in [4.78, 5) is 26.7. The number of nitrogens with one attached hydrogen (secondary N) is 1. The molecule has 1 aromatic heterocycles. The number of H-pyrrole nitrogens is 1. The van der Waals surface area contributed by atoms with Crippen molar-refractivity contribution in [2.45, 2.75) is 51.0 Å². The second kappa shape index (κ2) is 5.77. The highest BCUT2D eigenvalue weighted by molar-refractivity contribution is 5.94. The number of hydrogen-bond acceptors (Lipinski definition) is 3. The molecular formula is C15H21N3O2. The molecule has 2 fully saturated rings. The molecule has 5 nitrogen and oxygen atoms in total. The van der Waals surface area contributed by atoms with Crippen LogP contribution in [-0.4, -0.2) is 39.4 Å². The molecule has 1 amide bonds. The van der Waals surface area contributed by atoms with Crippen LogP contribution in [-0.2, 0) is 4.79 Å². The van der Waals surface area contributed by atoms with E-state index in [9.17, 15) is 9.59 Å². The van der Waals surface area contributed by atoms with Gasteiger partial charge in [-0.05, 0) is 32.1 Å². The van der Waals surface area contributed by atoms with Crippen molar-refractivity contribution in [3.05, 3.63) is 18.0 Å². The first-order valence-corrected chi connectivity index (χ1v) is 7.60. The number of likely N-dealkylation sites (tertiary alicyclic amines) is 1. The lowest BCUT2D eigenvalue weighted by atomic mass is 9.79. The predicted molar refractivity (Wildman–Crippen MR) is 74.2 cm³/mol. The molecule has 5 heteroatoms. The maximum Gasteiger partial charge on any atom is 0.257 e. The van der Waals surface area contributed by atoms with Crippen LogP contribution in [0.4, 0.5) is 0 Å². The zero-order chi connectivity index (χ0) is 13.9.